The van der Waals surface area contributed by atoms with Crippen LogP contribution < -0.4 is 5.32 Å². The number of ether oxygens (including phenoxy) is 1. The number of carbonyl (C=O) groups is 1. The van der Waals surface area contributed by atoms with Crippen molar-refractivity contribution in [1.29, 1.82) is 0 Å². The van der Waals surface area contributed by atoms with Gasteiger partial charge in [0.15, 0.2) is 0 Å². The fourth-order valence-corrected chi connectivity index (χ4v) is 2.93. The van der Waals surface area contributed by atoms with E-state index >= 15 is 0 Å². The van der Waals surface area contributed by atoms with Gasteiger partial charge >= 0.3 is 6.03 Å². The van der Waals surface area contributed by atoms with Crippen LogP contribution in [0.25, 0.3) is 0 Å². The van der Waals surface area contributed by atoms with Crippen LogP contribution in [0.2, 0.25) is 0 Å². The zero-order valence-corrected chi connectivity index (χ0v) is 14.2. The van der Waals surface area contributed by atoms with Crippen molar-refractivity contribution >= 4 is 6.03 Å². The van der Waals surface area contributed by atoms with Gasteiger partial charge in [0.25, 0.3) is 0 Å². The molecule has 0 bridgehead atoms. The van der Waals surface area contributed by atoms with Gasteiger partial charge in [0.1, 0.15) is 0 Å². The van der Waals surface area contributed by atoms with Crippen LogP contribution in [-0.2, 0) is 4.74 Å². The number of nitrogens with one attached hydrogen (secondary N) is 1. The van der Waals surface area contributed by atoms with E-state index in [2.05, 4.69) is 36.5 Å². The van der Waals surface area contributed by atoms with Gasteiger partial charge in [0.2, 0.25) is 0 Å². The predicted molar refractivity (Wildman–Crippen MR) is 89.2 cm³/mol. The lowest BCUT2D eigenvalue weighted by molar-refractivity contribution is 0.0240. The summed E-state index contributed by atoms with van der Waals surface area (Å²) in [6.07, 6.45) is 2.21. The standard InChI is InChI=1S/C18H28N2O2/c1-14-8-5-6-10-16(14)15-9-7-11-20(12-15)17(21)19-13-18(2,3)22-4/h5-6,8,10,15H,7,9,11-13H2,1-4H3,(H,19,21). The van der Waals surface area contributed by atoms with Crippen molar-refractivity contribution in [3.05, 3.63) is 35.4 Å². The molecule has 1 saturated heterocycles. The van der Waals surface area contributed by atoms with E-state index in [4.69, 9.17) is 4.74 Å². The van der Waals surface area contributed by atoms with Crippen LogP contribution in [-0.4, -0.2) is 43.3 Å². The summed E-state index contributed by atoms with van der Waals surface area (Å²) in [7, 11) is 1.67. The number of aryl methyl sites for hydroxylation is 1. The summed E-state index contributed by atoms with van der Waals surface area (Å²) in [4.78, 5) is 14.3. The smallest absolute Gasteiger partial charge is 0.317 e. The molecule has 2 amide bonds. The Hall–Kier alpha value is -1.55. The van der Waals surface area contributed by atoms with E-state index in [1.807, 2.05) is 18.7 Å². The zero-order valence-electron chi connectivity index (χ0n) is 14.2. The van der Waals surface area contributed by atoms with Gasteiger partial charge in [-0.15, -0.1) is 0 Å². The number of carbonyl (C=O) groups excluding carboxylic acids is 1. The lowest BCUT2D eigenvalue weighted by Crippen LogP contribution is -2.49. The second kappa shape index (κ2) is 7.14. The number of hydrogen-bond donors (Lipinski definition) is 1. The number of nitrogens with zero attached hydrogens (tertiary/aromatic N) is 1. The molecule has 4 nitrogen and oxygen atoms in total. The summed E-state index contributed by atoms with van der Waals surface area (Å²) < 4.78 is 5.35. The molecule has 0 radical (unpaired) electrons. The molecule has 1 aromatic carbocycles. The van der Waals surface area contributed by atoms with Crippen molar-refractivity contribution < 1.29 is 9.53 Å². The summed E-state index contributed by atoms with van der Waals surface area (Å²) in [6, 6.07) is 8.51. The first-order valence-corrected chi connectivity index (χ1v) is 8.06. The Balaban J connectivity index is 1.96. The maximum absolute atomic E-state index is 12.4. The molecule has 0 aromatic heterocycles. The second-order valence-corrected chi connectivity index (χ2v) is 6.76. The Morgan fingerprint density at radius 1 is 1.41 bits per heavy atom. The molecule has 0 spiro atoms. The number of rotatable bonds is 4. The number of piperidine rings is 1. The number of benzene rings is 1. The van der Waals surface area contributed by atoms with Gasteiger partial charge < -0.3 is 15.0 Å². The summed E-state index contributed by atoms with van der Waals surface area (Å²) in [5, 5.41) is 2.99. The molecule has 22 heavy (non-hydrogen) atoms. The average molecular weight is 304 g/mol. The second-order valence-electron chi connectivity index (χ2n) is 6.76. The number of methoxy groups -OCH3 is 1. The van der Waals surface area contributed by atoms with E-state index in [9.17, 15) is 4.79 Å². The molecule has 4 heteroatoms. The molecule has 1 fully saturated rings. The van der Waals surface area contributed by atoms with Gasteiger partial charge in [-0.2, -0.15) is 0 Å². The lowest BCUT2D eigenvalue weighted by atomic mass is 9.88. The van der Waals surface area contributed by atoms with Crippen molar-refractivity contribution in [2.75, 3.05) is 26.7 Å². The fourth-order valence-electron chi connectivity index (χ4n) is 2.93. The summed E-state index contributed by atoms with van der Waals surface area (Å²) in [5.74, 6) is 0.441. The van der Waals surface area contributed by atoms with Gasteiger partial charge in [-0.1, -0.05) is 24.3 Å². The minimum absolute atomic E-state index is 0.0170. The van der Waals surface area contributed by atoms with Crippen molar-refractivity contribution in [2.24, 2.45) is 0 Å². The fraction of sp³-hybridized carbons (Fsp3) is 0.611. The van der Waals surface area contributed by atoms with Crippen LogP contribution in [0.15, 0.2) is 24.3 Å². The maximum atomic E-state index is 12.4. The molecule has 1 atom stereocenters. The van der Waals surface area contributed by atoms with Crippen molar-refractivity contribution in [3.8, 4) is 0 Å². The molecule has 0 aliphatic carbocycles. The first kappa shape index (κ1) is 16.8. The van der Waals surface area contributed by atoms with Crippen molar-refractivity contribution in [2.45, 2.75) is 45.1 Å². The van der Waals surface area contributed by atoms with Crippen LogP contribution in [0.3, 0.4) is 0 Å². The highest BCUT2D eigenvalue weighted by Gasteiger charge is 2.26. The third-order valence-corrected chi connectivity index (χ3v) is 4.55. The topological polar surface area (TPSA) is 41.6 Å². The Morgan fingerprint density at radius 2 is 2.14 bits per heavy atom. The average Bonchev–Trinajstić information content (AvgIpc) is 2.53. The number of amides is 2. The Bertz CT molecular complexity index is 514. The van der Waals surface area contributed by atoms with Crippen LogP contribution in [0.4, 0.5) is 4.79 Å². The van der Waals surface area contributed by atoms with Crippen molar-refractivity contribution in [1.82, 2.24) is 10.2 Å². The Kier molecular flexibility index (Phi) is 5.46. The first-order valence-electron chi connectivity index (χ1n) is 8.06. The molecule has 0 saturated carbocycles. The highest BCUT2D eigenvalue weighted by atomic mass is 16.5. The summed E-state index contributed by atoms with van der Waals surface area (Å²) >= 11 is 0. The largest absolute Gasteiger partial charge is 0.377 e. The maximum Gasteiger partial charge on any atom is 0.317 e. The van der Waals surface area contributed by atoms with E-state index in [1.165, 1.54) is 11.1 Å². The molecular weight excluding hydrogens is 276 g/mol. The highest BCUT2D eigenvalue weighted by Crippen LogP contribution is 2.28. The van der Waals surface area contributed by atoms with E-state index in [1.54, 1.807) is 7.11 Å². The summed E-state index contributed by atoms with van der Waals surface area (Å²) in [6.45, 7) is 8.24. The SMILES string of the molecule is COC(C)(C)CNC(=O)N1CCCC(c2ccccc2C)C1. The Morgan fingerprint density at radius 3 is 2.82 bits per heavy atom. The van der Waals surface area contributed by atoms with E-state index in [0.717, 1.165) is 25.9 Å². The molecule has 1 aromatic rings. The molecule has 2 rings (SSSR count). The Labute approximate surface area is 133 Å². The molecule has 1 aliphatic rings. The summed E-state index contributed by atoms with van der Waals surface area (Å²) in [5.41, 5.74) is 2.36. The predicted octanol–water partition coefficient (Wildman–Crippen LogP) is 3.31. The molecule has 1 heterocycles. The first-order chi connectivity index (χ1) is 10.4. The van der Waals surface area contributed by atoms with E-state index in [-0.39, 0.29) is 11.6 Å². The van der Waals surface area contributed by atoms with Crippen LogP contribution in [0.5, 0.6) is 0 Å². The lowest BCUT2D eigenvalue weighted by Gasteiger charge is -2.34. The van der Waals surface area contributed by atoms with Gasteiger partial charge in [0.05, 0.1) is 5.60 Å². The van der Waals surface area contributed by atoms with E-state index in [0.29, 0.717) is 12.5 Å². The highest BCUT2D eigenvalue weighted by molar-refractivity contribution is 5.74. The molecule has 122 valence electrons. The number of likely N-dealkylation sites (tertiary alicyclic amines) is 1. The quantitative estimate of drug-likeness (QED) is 0.927. The van der Waals surface area contributed by atoms with Gasteiger partial charge in [-0.05, 0) is 44.7 Å². The zero-order chi connectivity index (χ0) is 16.2. The molecular formula is C18H28N2O2. The third kappa shape index (κ3) is 4.23. The minimum atomic E-state index is -0.332. The van der Waals surface area contributed by atoms with Crippen molar-refractivity contribution in [3.63, 3.8) is 0 Å². The van der Waals surface area contributed by atoms with Crippen LogP contribution in [0, 0.1) is 6.92 Å². The molecule has 1 unspecified atom stereocenters. The normalized spacial score (nSPS) is 19.1. The van der Waals surface area contributed by atoms with E-state index < -0.39 is 0 Å². The van der Waals surface area contributed by atoms with Crippen LogP contribution in [0.1, 0.15) is 43.7 Å². The number of urea groups is 1. The molecule has 1 N–H and O–H groups in total. The van der Waals surface area contributed by atoms with Crippen LogP contribution >= 0.6 is 0 Å². The van der Waals surface area contributed by atoms with Gasteiger partial charge in [-0.3, -0.25) is 0 Å². The number of hydrogen-bond acceptors (Lipinski definition) is 2. The monoisotopic (exact) mass is 304 g/mol. The van der Waals surface area contributed by atoms with Gasteiger partial charge in [-0.25, -0.2) is 4.79 Å². The third-order valence-electron chi connectivity index (χ3n) is 4.55. The van der Waals surface area contributed by atoms with Gasteiger partial charge in [0, 0.05) is 32.7 Å². The minimum Gasteiger partial charge on any atom is -0.377 e. The molecule has 1 aliphatic heterocycles.